The highest BCUT2D eigenvalue weighted by Gasteiger charge is 2.44. The monoisotopic (exact) mass is 461 g/mol. The number of methoxy groups -OCH3 is 1. The zero-order valence-electron chi connectivity index (χ0n) is 18.7. The summed E-state index contributed by atoms with van der Waals surface area (Å²) in [5.41, 5.74) is 4.10. The number of aryl methyl sites for hydroxylation is 1. The molecule has 0 saturated carbocycles. The van der Waals surface area contributed by atoms with E-state index in [9.17, 15) is 4.79 Å². The smallest absolute Gasteiger partial charge is 0.296 e. The number of fused-ring (bicyclic) bond motifs is 1. The molecular weight excluding hydrogens is 438 g/mol. The van der Waals surface area contributed by atoms with Crippen LogP contribution in [0.2, 0.25) is 5.02 Å². The molecule has 3 aromatic rings. The molecule has 2 aromatic carbocycles. The molecule has 0 aliphatic carbocycles. The molecule has 1 saturated heterocycles. The van der Waals surface area contributed by atoms with E-state index < -0.39 is 0 Å². The third-order valence-corrected chi connectivity index (χ3v) is 6.32. The van der Waals surface area contributed by atoms with Gasteiger partial charge >= 0.3 is 0 Å². The Kier molecular flexibility index (Phi) is 5.46. The van der Waals surface area contributed by atoms with Crippen molar-refractivity contribution >= 4 is 28.9 Å². The Morgan fingerprint density at radius 3 is 2.70 bits per heavy atom. The van der Waals surface area contributed by atoms with Gasteiger partial charge in [-0.1, -0.05) is 41.9 Å². The van der Waals surface area contributed by atoms with Crippen LogP contribution in [0.25, 0.3) is 11.4 Å². The predicted molar refractivity (Wildman–Crippen MR) is 128 cm³/mol. The van der Waals surface area contributed by atoms with Crippen molar-refractivity contribution < 1.29 is 14.3 Å². The van der Waals surface area contributed by atoms with E-state index in [0.29, 0.717) is 16.5 Å². The maximum absolute atomic E-state index is 14.0. The quantitative estimate of drug-likeness (QED) is 0.505. The van der Waals surface area contributed by atoms with Gasteiger partial charge in [0.15, 0.2) is 0 Å². The second-order valence-electron chi connectivity index (χ2n) is 8.23. The highest BCUT2D eigenvalue weighted by Crippen LogP contribution is 2.40. The zero-order valence-corrected chi connectivity index (χ0v) is 19.4. The molecule has 1 aromatic heterocycles. The summed E-state index contributed by atoms with van der Waals surface area (Å²) >= 11 is 6.09. The van der Waals surface area contributed by atoms with Crippen molar-refractivity contribution in [2.45, 2.75) is 32.4 Å². The standard InChI is InChI=1S/C26H24ClN3O3/c1-16-14-29(15-28-16)24(19-5-4-6-21(13-19)32-3)25-26(31)30-22(17(2)33-25)11-12-23(30)18-7-9-20(27)10-8-18/h4-10,12-15,17,22H,11H2,1-3H3/b25-24-/t17-,22+/m0/s1. The van der Waals surface area contributed by atoms with Crippen molar-refractivity contribution in [3.8, 4) is 5.75 Å². The number of rotatable bonds is 4. The van der Waals surface area contributed by atoms with Gasteiger partial charge in [-0.2, -0.15) is 0 Å². The van der Waals surface area contributed by atoms with Crippen molar-refractivity contribution in [1.82, 2.24) is 14.5 Å². The highest BCUT2D eigenvalue weighted by molar-refractivity contribution is 6.30. The summed E-state index contributed by atoms with van der Waals surface area (Å²) in [6.45, 7) is 3.92. The average Bonchev–Trinajstić information content (AvgIpc) is 3.45. The van der Waals surface area contributed by atoms with Crippen molar-refractivity contribution in [3.05, 3.63) is 94.7 Å². The lowest BCUT2D eigenvalue weighted by Gasteiger charge is -2.39. The molecule has 3 heterocycles. The lowest BCUT2D eigenvalue weighted by atomic mass is 10.0. The average molecular weight is 462 g/mol. The minimum Gasteiger partial charge on any atom is -0.497 e. The van der Waals surface area contributed by atoms with Crippen LogP contribution in [0.3, 0.4) is 0 Å². The highest BCUT2D eigenvalue weighted by atomic mass is 35.5. The van der Waals surface area contributed by atoms with Crippen LogP contribution in [0.15, 0.2) is 72.9 Å². The molecule has 1 amide bonds. The Balaban J connectivity index is 1.66. The number of benzene rings is 2. The Hall–Kier alpha value is -3.51. The Bertz CT molecular complexity index is 1280. The van der Waals surface area contributed by atoms with Crippen LogP contribution in [0.1, 0.15) is 30.2 Å². The number of nitrogens with zero attached hydrogens (tertiary/aromatic N) is 3. The van der Waals surface area contributed by atoms with Crippen LogP contribution in [0.5, 0.6) is 5.75 Å². The number of amides is 1. The van der Waals surface area contributed by atoms with Crippen LogP contribution in [-0.2, 0) is 9.53 Å². The predicted octanol–water partition coefficient (Wildman–Crippen LogP) is 5.13. The number of morpholine rings is 1. The van der Waals surface area contributed by atoms with Gasteiger partial charge in [0.05, 0.1) is 25.2 Å². The number of carbonyl (C=O) groups is 1. The molecule has 168 valence electrons. The van der Waals surface area contributed by atoms with Gasteiger partial charge in [0.25, 0.3) is 5.91 Å². The van der Waals surface area contributed by atoms with E-state index in [1.165, 1.54) is 0 Å². The summed E-state index contributed by atoms with van der Waals surface area (Å²) in [4.78, 5) is 20.2. The number of imidazole rings is 1. The van der Waals surface area contributed by atoms with Gasteiger partial charge in [-0.15, -0.1) is 0 Å². The lowest BCUT2D eigenvalue weighted by Crippen LogP contribution is -2.49. The summed E-state index contributed by atoms with van der Waals surface area (Å²) in [7, 11) is 1.62. The van der Waals surface area contributed by atoms with Crippen LogP contribution in [0, 0.1) is 6.92 Å². The molecular formula is C26H24ClN3O3. The van der Waals surface area contributed by atoms with Gasteiger partial charge in [-0.3, -0.25) is 9.69 Å². The van der Waals surface area contributed by atoms with Gasteiger partial charge in [-0.05, 0) is 50.1 Å². The second kappa shape index (κ2) is 8.45. The topological polar surface area (TPSA) is 56.6 Å². The fourth-order valence-electron chi connectivity index (χ4n) is 4.45. The van der Waals surface area contributed by atoms with Gasteiger partial charge in [-0.25, -0.2) is 4.98 Å². The largest absolute Gasteiger partial charge is 0.497 e. The number of hydrogen-bond acceptors (Lipinski definition) is 4. The van der Waals surface area contributed by atoms with Gasteiger partial charge in [0.1, 0.15) is 17.6 Å². The molecule has 2 aliphatic heterocycles. The summed E-state index contributed by atoms with van der Waals surface area (Å²) < 4.78 is 13.6. The minimum atomic E-state index is -0.191. The van der Waals surface area contributed by atoms with Gasteiger partial charge in [0, 0.05) is 22.5 Å². The fraction of sp³-hybridized carbons (Fsp3) is 0.231. The van der Waals surface area contributed by atoms with E-state index in [4.69, 9.17) is 21.1 Å². The Morgan fingerprint density at radius 2 is 2.00 bits per heavy atom. The zero-order chi connectivity index (χ0) is 23.1. The van der Waals surface area contributed by atoms with Crippen molar-refractivity contribution in [3.63, 3.8) is 0 Å². The molecule has 5 rings (SSSR count). The molecule has 0 radical (unpaired) electrons. The van der Waals surface area contributed by atoms with E-state index in [1.807, 2.05) is 78.0 Å². The second-order valence-corrected chi connectivity index (χ2v) is 8.67. The first-order chi connectivity index (χ1) is 16.0. The maximum Gasteiger partial charge on any atom is 0.296 e. The van der Waals surface area contributed by atoms with Crippen molar-refractivity contribution in [1.29, 1.82) is 0 Å². The molecule has 0 bridgehead atoms. The first-order valence-corrected chi connectivity index (χ1v) is 11.2. The van der Waals surface area contributed by atoms with E-state index in [0.717, 1.165) is 28.9 Å². The molecule has 33 heavy (non-hydrogen) atoms. The van der Waals surface area contributed by atoms with Gasteiger partial charge in [0.2, 0.25) is 5.76 Å². The SMILES string of the molecule is COc1cccc(/C(=C2/O[C@@H](C)[C@H]3CC=C(c4ccc(Cl)cc4)N3C2=O)n2cnc(C)c2)c1. The Morgan fingerprint density at radius 1 is 1.21 bits per heavy atom. The summed E-state index contributed by atoms with van der Waals surface area (Å²) in [6, 6.07) is 15.1. The van der Waals surface area contributed by atoms with E-state index in [1.54, 1.807) is 13.4 Å². The summed E-state index contributed by atoms with van der Waals surface area (Å²) in [6.07, 6.45) is 6.22. The minimum absolute atomic E-state index is 0.0667. The van der Waals surface area contributed by atoms with Crippen molar-refractivity contribution in [2.75, 3.05) is 7.11 Å². The third-order valence-electron chi connectivity index (χ3n) is 6.07. The molecule has 7 heteroatoms. The molecule has 0 N–H and O–H groups in total. The molecule has 2 aliphatic rings. The first-order valence-electron chi connectivity index (χ1n) is 10.8. The molecule has 2 atom stereocenters. The van der Waals surface area contributed by atoms with Crippen LogP contribution in [-0.4, -0.2) is 39.6 Å². The van der Waals surface area contributed by atoms with Crippen LogP contribution >= 0.6 is 11.6 Å². The van der Waals surface area contributed by atoms with E-state index >= 15 is 0 Å². The van der Waals surface area contributed by atoms with E-state index in [-0.39, 0.29) is 23.8 Å². The number of ether oxygens (including phenoxy) is 2. The molecule has 6 nitrogen and oxygen atoms in total. The number of aromatic nitrogens is 2. The molecule has 0 spiro atoms. The van der Waals surface area contributed by atoms with Gasteiger partial charge < -0.3 is 14.0 Å². The fourth-order valence-corrected chi connectivity index (χ4v) is 4.57. The van der Waals surface area contributed by atoms with E-state index in [2.05, 4.69) is 11.1 Å². The number of carbonyl (C=O) groups excluding carboxylic acids is 1. The summed E-state index contributed by atoms with van der Waals surface area (Å²) in [5, 5.41) is 0.659. The van der Waals surface area contributed by atoms with Crippen molar-refractivity contribution in [2.24, 2.45) is 0 Å². The van der Waals surface area contributed by atoms with Crippen LogP contribution < -0.4 is 4.74 Å². The van der Waals surface area contributed by atoms with Crippen LogP contribution in [0.4, 0.5) is 0 Å². The molecule has 1 fully saturated rings. The maximum atomic E-state index is 14.0. The number of hydrogen-bond donors (Lipinski definition) is 0. The number of halogens is 1. The normalized spacial score (nSPS) is 21.4. The first kappa shape index (κ1) is 21.3. The summed E-state index contributed by atoms with van der Waals surface area (Å²) in [5.74, 6) is 0.798. The third kappa shape index (κ3) is 3.80. The molecule has 0 unspecified atom stereocenters. The lowest BCUT2D eigenvalue weighted by molar-refractivity contribution is -0.138. The Labute approximate surface area is 197 Å².